The van der Waals surface area contributed by atoms with E-state index in [4.69, 9.17) is 0 Å². The molecular weight excluding hydrogens is 405 g/mol. The van der Waals surface area contributed by atoms with E-state index in [9.17, 15) is 14.0 Å². The normalized spacial score (nSPS) is 15.8. The lowest BCUT2D eigenvalue weighted by Crippen LogP contribution is -2.34. The van der Waals surface area contributed by atoms with Crippen LogP contribution < -0.4 is 10.6 Å². The number of rotatable bonds is 4. The molecule has 1 aliphatic rings. The summed E-state index contributed by atoms with van der Waals surface area (Å²) in [7, 11) is 0. The minimum Gasteiger partial charge on any atom is -0.320 e. The van der Waals surface area contributed by atoms with E-state index in [1.54, 1.807) is 4.90 Å². The van der Waals surface area contributed by atoms with Gasteiger partial charge in [0.2, 0.25) is 5.01 Å². The second-order valence-corrected chi connectivity index (χ2v) is 8.07. The van der Waals surface area contributed by atoms with Gasteiger partial charge in [-0.15, -0.1) is 10.2 Å². The predicted molar refractivity (Wildman–Crippen MR) is 113 cm³/mol. The lowest BCUT2D eigenvalue weighted by molar-refractivity contribution is 0.102. The Morgan fingerprint density at radius 2 is 1.90 bits per heavy atom. The number of hydrogen-bond donors (Lipinski definition) is 2. The van der Waals surface area contributed by atoms with Gasteiger partial charge in [-0.3, -0.25) is 4.79 Å². The van der Waals surface area contributed by atoms with Crippen LogP contribution in [0.2, 0.25) is 0 Å². The number of carbonyl (C=O) groups is 2. The Kier molecular flexibility index (Phi) is 5.71. The summed E-state index contributed by atoms with van der Waals surface area (Å²) in [5.74, 6) is -0.796. The van der Waals surface area contributed by atoms with Crippen molar-refractivity contribution < 1.29 is 14.0 Å². The number of hydrogen-bond acceptors (Lipinski definition) is 5. The van der Waals surface area contributed by atoms with Gasteiger partial charge >= 0.3 is 6.03 Å². The van der Waals surface area contributed by atoms with Crippen molar-refractivity contribution in [1.82, 2.24) is 15.1 Å². The summed E-state index contributed by atoms with van der Waals surface area (Å²) in [5.41, 5.74) is 2.27. The van der Waals surface area contributed by atoms with Gasteiger partial charge in [-0.2, -0.15) is 0 Å². The Morgan fingerprint density at radius 3 is 2.67 bits per heavy atom. The number of nitrogens with zero attached hydrogens (tertiary/aromatic N) is 3. The standard InChI is InChI=1S/C21H20FN5O2S/c1-13-4-2-5-16(12-13)24-21(29)27-11-3-6-17(27)19-25-26-20(30-19)18(28)23-15-9-7-14(22)8-10-15/h2,4-5,7-10,12,17H,3,6,11H2,1H3,(H,23,28)(H,24,29). The maximum atomic E-state index is 13.0. The molecule has 0 bridgehead atoms. The third kappa shape index (κ3) is 4.46. The molecule has 3 aromatic rings. The Bertz CT molecular complexity index is 1070. The second kappa shape index (κ2) is 8.58. The van der Waals surface area contributed by atoms with Gasteiger partial charge < -0.3 is 15.5 Å². The predicted octanol–water partition coefficient (Wildman–Crippen LogP) is 4.61. The van der Waals surface area contributed by atoms with Crippen molar-refractivity contribution in [2.45, 2.75) is 25.8 Å². The van der Waals surface area contributed by atoms with E-state index >= 15 is 0 Å². The Balaban J connectivity index is 1.44. The van der Waals surface area contributed by atoms with E-state index in [-0.39, 0.29) is 22.9 Å². The van der Waals surface area contributed by atoms with Gasteiger partial charge in [0.15, 0.2) is 0 Å². The van der Waals surface area contributed by atoms with E-state index < -0.39 is 5.91 Å². The lowest BCUT2D eigenvalue weighted by Gasteiger charge is -2.23. The highest BCUT2D eigenvalue weighted by atomic mass is 32.1. The van der Waals surface area contributed by atoms with Crippen LogP contribution in [0.4, 0.5) is 20.6 Å². The first-order valence-electron chi connectivity index (χ1n) is 9.54. The van der Waals surface area contributed by atoms with Crippen LogP contribution in [0.25, 0.3) is 0 Å². The quantitative estimate of drug-likeness (QED) is 0.639. The fourth-order valence-electron chi connectivity index (χ4n) is 3.36. The summed E-state index contributed by atoms with van der Waals surface area (Å²) in [6.45, 7) is 2.58. The number of halogens is 1. The van der Waals surface area contributed by atoms with Crippen LogP contribution in [0.5, 0.6) is 0 Å². The molecule has 30 heavy (non-hydrogen) atoms. The van der Waals surface area contributed by atoms with Crippen LogP contribution in [0, 0.1) is 12.7 Å². The van der Waals surface area contributed by atoms with Crippen molar-refractivity contribution in [3.63, 3.8) is 0 Å². The molecule has 3 amide bonds. The maximum absolute atomic E-state index is 13.0. The Hall–Kier alpha value is -3.33. The third-order valence-electron chi connectivity index (χ3n) is 4.81. The summed E-state index contributed by atoms with van der Waals surface area (Å²) in [4.78, 5) is 26.9. The van der Waals surface area contributed by atoms with E-state index in [0.717, 1.165) is 35.4 Å². The highest BCUT2D eigenvalue weighted by Crippen LogP contribution is 2.34. The molecule has 1 aromatic heterocycles. The van der Waals surface area contributed by atoms with Crippen LogP contribution in [0.15, 0.2) is 48.5 Å². The number of aromatic nitrogens is 2. The Morgan fingerprint density at radius 1 is 1.10 bits per heavy atom. The van der Waals surface area contributed by atoms with Crippen LogP contribution in [0.1, 0.15) is 39.3 Å². The molecule has 0 radical (unpaired) electrons. The highest BCUT2D eigenvalue weighted by Gasteiger charge is 2.33. The third-order valence-corrected chi connectivity index (χ3v) is 5.83. The average Bonchev–Trinajstić information content (AvgIpc) is 3.39. The molecule has 1 atom stereocenters. The van der Waals surface area contributed by atoms with Crippen LogP contribution in [0.3, 0.4) is 0 Å². The number of amides is 3. The molecule has 1 saturated heterocycles. The second-order valence-electron chi connectivity index (χ2n) is 7.06. The molecule has 0 saturated carbocycles. The molecule has 4 rings (SSSR count). The smallest absolute Gasteiger partial charge is 0.320 e. The maximum Gasteiger partial charge on any atom is 0.322 e. The van der Waals surface area contributed by atoms with E-state index in [1.165, 1.54) is 24.3 Å². The largest absolute Gasteiger partial charge is 0.322 e. The molecule has 1 fully saturated rings. The van der Waals surface area contributed by atoms with Crippen molar-refractivity contribution >= 4 is 34.6 Å². The number of anilines is 2. The average molecular weight is 425 g/mol. The fourth-order valence-corrected chi connectivity index (χ4v) is 4.25. The molecule has 0 spiro atoms. The fraction of sp³-hybridized carbons (Fsp3) is 0.238. The zero-order valence-corrected chi connectivity index (χ0v) is 17.1. The summed E-state index contributed by atoms with van der Waals surface area (Å²) >= 11 is 1.16. The first-order chi connectivity index (χ1) is 14.5. The molecule has 2 N–H and O–H groups in total. The van der Waals surface area contributed by atoms with Crippen LogP contribution in [-0.4, -0.2) is 33.6 Å². The highest BCUT2D eigenvalue weighted by molar-refractivity contribution is 7.13. The van der Waals surface area contributed by atoms with Gasteiger partial charge in [0.1, 0.15) is 10.8 Å². The van der Waals surface area contributed by atoms with Gasteiger partial charge in [-0.05, 0) is 61.7 Å². The zero-order valence-electron chi connectivity index (χ0n) is 16.3. The molecule has 9 heteroatoms. The molecule has 2 aromatic carbocycles. The van der Waals surface area contributed by atoms with Crippen molar-refractivity contribution in [2.24, 2.45) is 0 Å². The molecule has 2 heterocycles. The van der Waals surface area contributed by atoms with Gasteiger partial charge in [0.05, 0.1) is 6.04 Å². The van der Waals surface area contributed by atoms with Crippen molar-refractivity contribution in [3.8, 4) is 0 Å². The van der Waals surface area contributed by atoms with Gasteiger partial charge in [0.25, 0.3) is 5.91 Å². The van der Waals surface area contributed by atoms with Crippen molar-refractivity contribution in [1.29, 1.82) is 0 Å². The summed E-state index contributed by atoms with van der Waals surface area (Å²) in [6, 6.07) is 12.7. The SMILES string of the molecule is Cc1cccc(NC(=O)N2CCCC2c2nnc(C(=O)Nc3ccc(F)cc3)s2)c1. The summed E-state index contributed by atoms with van der Waals surface area (Å²) in [6.07, 6.45) is 1.61. The minimum atomic E-state index is -0.417. The molecule has 1 unspecified atom stereocenters. The van der Waals surface area contributed by atoms with Gasteiger partial charge in [-0.1, -0.05) is 23.5 Å². The molecule has 0 aliphatic carbocycles. The lowest BCUT2D eigenvalue weighted by atomic mass is 10.2. The van der Waals surface area contributed by atoms with Crippen molar-refractivity contribution in [2.75, 3.05) is 17.2 Å². The summed E-state index contributed by atoms with van der Waals surface area (Å²) in [5, 5.41) is 14.6. The zero-order chi connectivity index (χ0) is 21.1. The Labute approximate surface area is 176 Å². The molecule has 1 aliphatic heterocycles. The van der Waals surface area contributed by atoms with Gasteiger partial charge in [0, 0.05) is 17.9 Å². The first kappa shape index (κ1) is 20.0. The number of carbonyl (C=O) groups excluding carboxylic acids is 2. The van der Waals surface area contributed by atoms with E-state index in [2.05, 4.69) is 20.8 Å². The van der Waals surface area contributed by atoms with Gasteiger partial charge in [-0.25, -0.2) is 9.18 Å². The van der Waals surface area contributed by atoms with Crippen LogP contribution >= 0.6 is 11.3 Å². The number of urea groups is 1. The van der Waals surface area contributed by atoms with Crippen molar-refractivity contribution in [3.05, 3.63) is 69.9 Å². The topological polar surface area (TPSA) is 87.2 Å². The van der Waals surface area contributed by atoms with E-state index in [0.29, 0.717) is 17.2 Å². The molecule has 7 nitrogen and oxygen atoms in total. The monoisotopic (exact) mass is 425 g/mol. The van der Waals surface area contributed by atoms with E-state index in [1.807, 2.05) is 31.2 Å². The number of benzene rings is 2. The number of aryl methyl sites for hydroxylation is 1. The number of likely N-dealkylation sites (tertiary alicyclic amines) is 1. The minimum absolute atomic E-state index is 0.195. The molecular formula is C21H20FN5O2S. The summed E-state index contributed by atoms with van der Waals surface area (Å²) < 4.78 is 13.0. The molecule has 154 valence electrons. The number of nitrogens with one attached hydrogen (secondary N) is 2. The first-order valence-corrected chi connectivity index (χ1v) is 10.4. The van der Waals surface area contributed by atoms with Crippen LogP contribution in [-0.2, 0) is 0 Å².